The largest absolute Gasteiger partial charge is 0.372 e. The minimum atomic E-state index is 0.557. The van der Waals surface area contributed by atoms with E-state index in [4.69, 9.17) is 4.74 Å². The fourth-order valence-electron chi connectivity index (χ4n) is 1.84. The van der Waals surface area contributed by atoms with Crippen molar-refractivity contribution in [3.05, 3.63) is 58.2 Å². The zero-order valence-corrected chi connectivity index (χ0v) is 13.2. The number of rotatable bonds is 7. The van der Waals surface area contributed by atoms with Gasteiger partial charge in [0.1, 0.15) is 5.82 Å². The molecule has 1 aromatic heterocycles. The molecule has 0 amide bonds. The van der Waals surface area contributed by atoms with E-state index >= 15 is 0 Å². The quantitative estimate of drug-likeness (QED) is 0.815. The predicted molar refractivity (Wildman–Crippen MR) is 85.7 cm³/mol. The lowest BCUT2D eigenvalue weighted by Gasteiger charge is -2.11. The molecule has 0 radical (unpaired) electrons. The van der Waals surface area contributed by atoms with Crippen LogP contribution in [-0.2, 0) is 18.0 Å². The van der Waals surface area contributed by atoms with Crippen LogP contribution < -0.4 is 5.32 Å². The molecule has 4 heteroatoms. The Bertz CT molecular complexity index is 546. The van der Waals surface area contributed by atoms with E-state index in [0.29, 0.717) is 13.2 Å². The monoisotopic (exact) mass is 334 g/mol. The van der Waals surface area contributed by atoms with Crippen molar-refractivity contribution in [2.45, 2.75) is 26.6 Å². The highest BCUT2D eigenvalue weighted by atomic mass is 79.9. The Morgan fingerprint density at radius 2 is 1.85 bits per heavy atom. The summed E-state index contributed by atoms with van der Waals surface area (Å²) in [5, 5.41) is 3.32. The van der Waals surface area contributed by atoms with Crippen LogP contribution in [0.4, 0.5) is 5.82 Å². The van der Waals surface area contributed by atoms with E-state index in [9.17, 15) is 0 Å². The number of ether oxygens (including phenoxy) is 1. The number of hydrogen-bond acceptors (Lipinski definition) is 3. The molecule has 1 N–H and O–H groups in total. The lowest BCUT2D eigenvalue weighted by Crippen LogP contribution is -2.06. The summed E-state index contributed by atoms with van der Waals surface area (Å²) in [5.41, 5.74) is 2.24. The molecule has 0 saturated heterocycles. The third-order valence-corrected chi connectivity index (χ3v) is 3.68. The number of benzene rings is 1. The Hall–Kier alpha value is -1.39. The van der Waals surface area contributed by atoms with E-state index in [-0.39, 0.29) is 0 Å². The second-order valence-corrected chi connectivity index (χ2v) is 5.38. The highest BCUT2D eigenvalue weighted by Gasteiger charge is 2.04. The molecule has 0 atom stereocenters. The minimum absolute atomic E-state index is 0.557. The van der Waals surface area contributed by atoms with Gasteiger partial charge in [-0.2, -0.15) is 0 Å². The van der Waals surface area contributed by atoms with E-state index in [1.807, 2.05) is 30.3 Å². The van der Waals surface area contributed by atoms with Gasteiger partial charge in [-0.05, 0) is 24.1 Å². The highest BCUT2D eigenvalue weighted by molar-refractivity contribution is 9.10. The van der Waals surface area contributed by atoms with Gasteiger partial charge >= 0.3 is 0 Å². The van der Waals surface area contributed by atoms with E-state index in [1.54, 1.807) is 6.20 Å². The van der Waals surface area contributed by atoms with Crippen LogP contribution in [0, 0.1) is 0 Å². The number of pyridine rings is 1. The first-order valence-electron chi connectivity index (χ1n) is 6.80. The van der Waals surface area contributed by atoms with Gasteiger partial charge in [0.05, 0.1) is 13.2 Å². The predicted octanol–water partition coefficient (Wildman–Crippen LogP) is 4.38. The Balaban J connectivity index is 1.92. The van der Waals surface area contributed by atoms with Crippen molar-refractivity contribution in [2.24, 2.45) is 0 Å². The maximum absolute atomic E-state index is 5.80. The van der Waals surface area contributed by atoms with Crippen LogP contribution in [0.1, 0.15) is 24.5 Å². The van der Waals surface area contributed by atoms with Crippen molar-refractivity contribution in [2.75, 3.05) is 11.9 Å². The normalized spacial score (nSPS) is 10.5. The van der Waals surface area contributed by atoms with Crippen LogP contribution in [-0.4, -0.2) is 11.5 Å². The van der Waals surface area contributed by atoms with Gasteiger partial charge in [-0.1, -0.05) is 47.1 Å². The number of halogens is 1. The van der Waals surface area contributed by atoms with Gasteiger partial charge in [0.25, 0.3) is 0 Å². The first-order chi connectivity index (χ1) is 9.81. The Morgan fingerprint density at radius 1 is 1.10 bits per heavy atom. The summed E-state index contributed by atoms with van der Waals surface area (Å²) >= 11 is 3.53. The Labute approximate surface area is 128 Å². The zero-order chi connectivity index (χ0) is 14.2. The maximum Gasteiger partial charge on any atom is 0.131 e. The molecule has 0 spiro atoms. The van der Waals surface area contributed by atoms with Gasteiger partial charge in [-0.25, -0.2) is 4.98 Å². The number of nitrogens with one attached hydrogen (secondary N) is 1. The third kappa shape index (κ3) is 4.32. The van der Waals surface area contributed by atoms with Crippen LogP contribution in [0.2, 0.25) is 0 Å². The van der Waals surface area contributed by atoms with E-state index < -0.39 is 0 Å². The first-order valence-corrected chi connectivity index (χ1v) is 7.59. The third-order valence-electron chi connectivity index (χ3n) is 2.91. The molecule has 0 aliphatic rings. The molecule has 0 aliphatic heterocycles. The average Bonchev–Trinajstić information content (AvgIpc) is 2.48. The topological polar surface area (TPSA) is 34.2 Å². The molecule has 0 saturated carbocycles. The molecular formula is C16H19BrN2O. The van der Waals surface area contributed by atoms with Gasteiger partial charge in [-0.3, -0.25) is 0 Å². The van der Waals surface area contributed by atoms with Gasteiger partial charge in [0.2, 0.25) is 0 Å². The van der Waals surface area contributed by atoms with Crippen LogP contribution in [0.3, 0.4) is 0 Å². The van der Waals surface area contributed by atoms with E-state index in [0.717, 1.165) is 34.4 Å². The molecule has 0 unspecified atom stereocenters. The SMILES string of the molecule is CCCNc1ncccc1COCc1ccccc1Br. The Morgan fingerprint density at radius 3 is 2.65 bits per heavy atom. The van der Waals surface area contributed by atoms with Crippen LogP contribution in [0.25, 0.3) is 0 Å². The van der Waals surface area contributed by atoms with Crippen LogP contribution in [0.5, 0.6) is 0 Å². The average molecular weight is 335 g/mol. The van der Waals surface area contributed by atoms with Crippen LogP contribution in [0.15, 0.2) is 47.1 Å². The summed E-state index contributed by atoms with van der Waals surface area (Å²) < 4.78 is 6.88. The first kappa shape index (κ1) is 15.0. The summed E-state index contributed by atoms with van der Waals surface area (Å²) in [6.07, 6.45) is 2.88. The molecule has 0 aliphatic carbocycles. The van der Waals surface area contributed by atoms with Gasteiger partial charge in [0, 0.05) is 22.8 Å². The molecule has 1 aromatic carbocycles. The highest BCUT2D eigenvalue weighted by Crippen LogP contribution is 2.18. The number of aromatic nitrogens is 1. The molecule has 106 valence electrons. The van der Waals surface area contributed by atoms with E-state index in [1.165, 1.54) is 0 Å². The summed E-state index contributed by atoms with van der Waals surface area (Å²) in [5.74, 6) is 0.918. The van der Waals surface area contributed by atoms with Crippen molar-refractivity contribution in [3.8, 4) is 0 Å². The molecule has 0 fully saturated rings. The van der Waals surface area contributed by atoms with Crippen LogP contribution >= 0.6 is 15.9 Å². The maximum atomic E-state index is 5.80. The second kappa shape index (κ2) is 8.02. The number of nitrogens with zero attached hydrogens (tertiary/aromatic N) is 1. The summed E-state index contributed by atoms with van der Waals surface area (Å²) in [6, 6.07) is 12.1. The summed E-state index contributed by atoms with van der Waals surface area (Å²) in [4.78, 5) is 4.36. The molecule has 0 bridgehead atoms. The van der Waals surface area contributed by atoms with Crippen molar-refractivity contribution in [3.63, 3.8) is 0 Å². The summed E-state index contributed by atoms with van der Waals surface area (Å²) in [6.45, 7) is 4.21. The minimum Gasteiger partial charge on any atom is -0.372 e. The molecular weight excluding hydrogens is 316 g/mol. The summed E-state index contributed by atoms with van der Waals surface area (Å²) in [7, 11) is 0. The van der Waals surface area contributed by atoms with Crippen molar-refractivity contribution >= 4 is 21.7 Å². The van der Waals surface area contributed by atoms with Gasteiger partial charge in [-0.15, -0.1) is 0 Å². The van der Waals surface area contributed by atoms with Crippen molar-refractivity contribution < 1.29 is 4.74 Å². The van der Waals surface area contributed by atoms with Crippen molar-refractivity contribution in [1.82, 2.24) is 4.98 Å². The zero-order valence-electron chi connectivity index (χ0n) is 11.6. The number of anilines is 1. The van der Waals surface area contributed by atoms with Gasteiger partial charge < -0.3 is 10.1 Å². The smallest absolute Gasteiger partial charge is 0.131 e. The van der Waals surface area contributed by atoms with Gasteiger partial charge in [0.15, 0.2) is 0 Å². The molecule has 2 aromatic rings. The molecule has 2 rings (SSSR count). The molecule has 3 nitrogen and oxygen atoms in total. The Kier molecular flexibility index (Phi) is 6.02. The van der Waals surface area contributed by atoms with Crippen molar-refractivity contribution in [1.29, 1.82) is 0 Å². The fourth-order valence-corrected chi connectivity index (χ4v) is 2.24. The fraction of sp³-hybridized carbons (Fsp3) is 0.312. The second-order valence-electron chi connectivity index (χ2n) is 4.52. The lowest BCUT2D eigenvalue weighted by atomic mass is 10.2. The lowest BCUT2D eigenvalue weighted by molar-refractivity contribution is 0.107. The number of hydrogen-bond donors (Lipinski definition) is 1. The van der Waals surface area contributed by atoms with E-state index in [2.05, 4.69) is 39.2 Å². The standard InChI is InChI=1S/C16H19BrN2O/c1-2-9-18-16-14(7-5-10-19-16)12-20-11-13-6-3-4-8-15(13)17/h3-8,10H,2,9,11-12H2,1H3,(H,18,19). The molecule has 20 heavy (non-hydrogen) atoms. The molecule has 1 heterocycles.